The van der Waals surface area contributed by atoms with E-state index in [2.05, 4.69) is 5.32 Å². The molecule has 1 unspecified atom stereocenters. The van der Waals surface area contributed by atoms with Crippen LogP contribution in [0.3, 0.4) is 0 Å². The molecule has 2 aliphatic rings. The molecular weight excluding hydrogens is 321 g/mol. The zero-order valence-corrected chi connectivity index (χ0v) is 13.3. The smallest absolute Gasteiger partial charge is 0.396 e. The number of nitrogens with zero attached hydrogens (tertiary/aromatic N) is 1. The van der Waals surface area contributed by atoms with Crippen molar-refractivity contribution >= 4 is 5.91 Å². The topological polar surface area (TPSA) is 52.6 Å². The summed E-state index contributed by atoms with van der Waals surface area (Å²) < 4.78 is 38.5. The van der Waals surface area contributed by atoms with Gasteiger partial charge in [-0.3, -0.25) is 4.79 Å². The molecule has 2 saturated heterocycles. The number of nitrogens with one attached hydrogen (secondary N) is 1. The zero-order chi connectivity index (χ0) is 17.4. The van der Waals surface area contributed by atoms with Crippen molar-refractivity contribution in [2.75, 3.05) is 32.8 Å². The number of carbonyl (C=O) groups is 1. The molecule has 0 radical (unpaired) electrons. The van der Waals surface area contributed by atoms with Crippen molar-refractivity contribution < 1.29 is 23.1 Å². The summed E-state index contributed by atoms with van der Waals surface area (Å²) in [7, 11) is 0. The molecule has 2 heterocycles. The molecule has 24 heavy (non-hydrogen) atoms. The highest BCUT2D eigenvalue weighted by Gasteiger charge is 2.48. The van der Waals surface area contributed by atoms with E-state index in [9.17, 15) is 23.1 Å². The number of benzene rings is 1. The first kappa shape index (κ1) is 17.2. The maximum absolute atomic E-state index is 12.8. The molecule has 1 aromatic carbocycles. The van der Waals surface area contributed by atoms with Gasteiger partial charge in [0.25, 0.3) is 5.91 Å². The minimum atomic E-state index is -4.47. The number of piperidine rings is 1. The van der Waals surface area contributed by atoms with E-state index < -0.39 is 17.6 Å². The third-order valence-corrected chi connectivity index (χ3v) is 5.36. The third-order valence-electron chi connectivity index (χ3n) is 5.36. The van der Waals surface area contributed by atoms with Crippen LogP contribution in [0.1, 0.15) is 28.8 Å². The molecule has 7 heteroatoms. The van der Waals surface area contributed by atoms with Crippen LogP contribution in [-0.2, 0) is 6.18 Å². The number of hydrogen-bond donors (Lipinski definition) is 2. The Labute approximate surface area is 138 Å². The summed E-state index contributed by atoms with van der Waals surface area (Å²) in [5.74, 6) is -0.413. The first-order valence-electron chi connectivity index (χ1n) is 8.14. The molecule has 0 aliphatic carbocycles. The zero-order valence-electron chi connectivity index (χ0n) is 13.3. The average molecular weight is 342 g/mol. The van der Waals surface area contributed by atoms with Crippen LogP contribution in [0.15, 0.2) is 24.3 Å². The van der Waals surface area contributed by atoms with Crippen LogP contribution in [0.4, 0.5) is 13.2 Å². The lowest BCUT2D eigenvalue weighted by molar-refractivity contribution is -0.137. The number of halogens is 3. The molecule has 2 aliphatic heterocycles. The fourth-order valence-electron chi connectivity index (χ4n) is 3.94. The van der Waals surface area contributed by atoms with E-state index in [1.165, 1.54) is 12.1 Å². The SMILES string of the molecule is O=C(c1cccc(C(F)(F)F)c1)N1CC(CO)C2(CCNCC2)C1. The lowest BCUT2D eigenvalue weighted by Gasteiger charge is -2.37. The van der Waals surface area contributed by atoms with Crippen LogP contribution < -0.4 is 5.32 Å². The monoisotopic (exact) mass is 342 g/mol. The van der Waals surface area contributed by atoms with Gasteiger partial charge >= 0.3 is 6.18 Å². The highest BCUT2D eigenvalue weighted by Crippen LogP contribution is 2.43. The third kappa shape index (κ3) is 3.15. The Morgan fingerprint density at radius 3 is 2.67 bits per heavy atom. The van der Waals surface area contributed by atoms with Crippen molar-refractivity contribution in [3.8, 4) is 0 Å². The predicted molar refractivity (Wildman–Crippen MR) is 82.5 cm³/mol. The maximum Gasteiger partial charge on any atom is 0.416 e. The first-order valence-corrected chi connectivity index (χ1v) is 8.14. The van der Waals surface area contributed by atoms with Gasteiger partial charge in [0.1, 0.15) is 0 Å². The van der Waals surface area contributed by atoms with E-state index in [4.69, 9.17) is 0 Å². The molecule has 0 bridgehead atoms. The Kier molecular flexibility index (Phi) is 4.57. The van der Waals surface area contributed by atoms with Gasteiger partial charge in [0.05, 0.1) is 5.56 Å². The van der Waals surface area contributed by atoms with E-state index >= 15 is 0 Å². The second-order valence-electron chi connectivity index (χ2n) is 6.76. The predicted octanol–water partition coefficient (Wildman–Crippen LogP) is 2.14. The van der Waals surface area contributed by atoms with Crippen molar-refractivity contribution in [2.45, 2.75) is 19.0 Å². The van der Waals surface area contributed by atoms with Crippen molar-refractivity contribution in [2.24, 2.45) is 11.3 Å². The summed E-state index contributed by atoms with van der Waals surface area (Å²) in [6, 6.07) is 4.55. The summed E-state index contributed by atoms with van der Waals surface area (Å²) in [5.41, 5.74) is -0.896. The van der Waals surface area contributed by atoms with E-state index in [0.717, 1.165) is 38.1 Å². The quantitative estimate of drug-likeness (QED) is 0.866. The van der Waals surface area contributed by atoms with E-state index in [0.29, 0.717) is 13.1 Å². The standard InChI is InChI=1S/C17H21F3N2O2/c18-17(19,20)13-3-1-2-12(8-13)15(24)22-9-14(10-23)16(11-22)4-6-21-7-5-16/h1-3,8,14,21,23H,4-7,9-11H2. The molecule has 4 nitrogen and oxygen atoms in total. The second kappa shape index (κ2) is 6.37. The Balaban J connectivity index is 1.81. The molecule has 2 N–H and O–H groups in total. The first-order chi connectivity index (χ1) is 11.4. The van der Waals surface area contributed by atoms with Crippen LogP contribution in [0, 0.1) is 11.3 Å². The molecule has 3 rings (SSSR count). The molecule has 2 fully saturated rings. The molecule has 0 aromatic heterocycles. The number of likely N-dealkylation sites (tertiary alicyclic amines) is 1. The van der Waals surface area contributed by atoms with Crippen molar-refractivity contribution in [1.82, 2.24) is 10.2 Å². The van der Waals surface area contributed by atoms with Crippen molar-refractivity contribution in [3.05, 3.63) is 35.4 Å². The van der Waals surface area contributed by atoms with Crippen LogP contribution in [0.2, 0.25) is 0 Å². The largest absolute Gasteiger partial charge is 0.416 e. The van der Waals surface area contributed by atoms with Gasteiger partial charge < -0.3 is 15.3 Å². The van der Waals surface area contributed by atoms with E-state index in [-0.39, 0.29) is 23.5 Å². The van der Waals surface area contributed by atoms with Gasteiger partial charge in [0.2, 0.25) is 0 Å². The number of alkyl halides is 3. The molecule has 1 atom stereocenters. The molecule has 0 saturated carbocycles. The highest BCUT2D eigenvalue weighted by atomic mass is 19.4. The normalized spacial score (nSPS) is 23.7. The molecule has 1 aromatic rings. The highest BCUT2D eigenvalue weighted by molar-refractivity contribution is 5.94. The number of hydrogen-bond acceptors (Lipinski definition) is 3. The lowest BCUT2D eigenvalue weighted by Crippen LogP contribution is -2.43. The summed E-state index contributed by atoms with van der Waals surface area (Å²) in [6.07, 6.45) is -2.74. The Hall–Kier alpha value is -1.60. The van der Waals surface area contributed by atoms with Gasteiger partial charge in [0, 0.05) is 31.2 Å². The maximum atomic E-state index is 12.8. The van der Waals surface area contributed by atoms with Gasteiger partial charge in [-0.2, -0.15) is 13.2 Å². The van der Waals surface area contributed by atoms with Gasteiger partial charge in [-0.25, -0.2) is 0 Å². The molecule has 1 amide bonds. The Bertz CT molecular complexity index is 612. The Morgan fingerprint density at radius 1 is 1.33 bits per heavy atom. The number of aliphatic hydroxyl groups is 1. The average Bonchev–Trinajstić information content (AvgIpc) is 2.92. The summed E-state index contributed by atoms with van der Waals surface area (Å²) in [6.45, 7) is 2.55. The number of amides is 1. The van der Waals surface area contributed by atoms with E-state index in [1.54, 1.807) is 4.90 Å². The van der Waals surface area contributed by atoms with Crippen LogP contribution in [0.5, 0.6) is 0 Å². The minimum absolute atomic E-state index is 0.00757. The van der Waals surface area contributed by atoms with Gasteiger partial charge in [-0.1, -0.05) is 6.07 Å². The fourth-order valence-corrected chi connectivity index (χ4v) is 3.94. The number of aliphatic hydroxyl groups excluding tert-OH is 1. The van der Waals surface area contributed by atoms with Crippen molar-refractivity contribution in [1.29, 1.82) is 0 Å². The molecular formula is C17H21F3N2O2. The van der Waals surface area contributed by atoms with Gasteiger partial charge in [-0.15, -0.1) is 0 Å². The van der Waals surface area contributed by atoms with Crippen molar-refractivity contribution in [3.63, 3.8) is 0 Å². The molecule has 1 spiro atoms. The van der Waals surface area contributed by atoms with E-state index in [1.807, 2.05) is 0 Å². The van der Waals surface area contributed by atoms with Crippen LogP contribution in [0.25, 0.3) is 0 Å². The van der Waals surface area contributed by atoms with Gasteiger partial charge in [-0.05, 0) is 49.5 Å². The summed E-state index contributed by atoms with van der Waals surface area (Å²) in [5, 5.41) is 13.0. The minimum Gasteiger partial charge on any atom is -0.396 e. The number of rotatable bonds is 2. The van der Waals surface area contributed by atoms with Crippen LogP contribution >= 0.6 is 0 Å². The Morgan fingerprint density at radius 2 is 2.04 bits per heavy atom. The fraction of sp³-hybridized carbons (Fsp3) is 0.588. The second-order valence-corrected chi connectivity index (χ2v) is 6.76. The van der Waals surface area contributed by atoms with Crippen LogP contribution in [-0.4, -0.2) is 48.7 Å². The summed E-state index contributed by atoms with van der Waals surface area (Å²) in [4.78, 5) is 14.3. The van der Waals surface area contributed by atoms with Gasteiger partial charge in [0.15, 0.2) is 0 Å². The molecule has 132 valence electrons. The number of carbonyl (C=O) groups excluding carboxylic acids is 1. The lowest BCUT2D eigenvalue weighted by atomic mass is 9.71. The summed E-state index contributed by atoms with van der Waals surface area (Å²) >= 11 is 0.